The van der Waals surface area contributed by atoms with Crippen molar-refractivity contribution in [2.75, 3.05) is 13.2 Å². The van der Waals surface area contributed by atoms with E-state index in [4.69, 9.17) is 4.74 Å². The molecule has 0 bridgehead atoms. The van der Waals surface area contributed by atoms with Crippen LogP contribution in [0.5, 0.6) is 0 Å². The molecule has 0 aromatic carbocycles. The van der Waals surface area contributed by atoms with Crippen molar-refractivity contribution in [3.63, 3.8) is 0 Å². The minimum atomic E-state index is 0.552. The van der Waals surface area contributed by atoms with Gasteiger partial charge in [0.05, 0.1) is 6.61 Å². The van der Waals surface area contributed by atoms with Gasteiger partial charge in [0.1, 0.15) is 0 Å². The molecule has 78 valence electrons. The Balaban J connectivity index is 1.85. The number of hydrogen-bond acceptors (Lipinski definition) is 3. The zero-order valence-corrected chi connectivity index (χ0v) is 10.6. The van der Waals surface area contributed by atoms with E-state index in [2.05, 4.69) is 34.2 Å². The average Bonchev–Trinajstić information content (AvgIpc) is 2.74. The first-order valence-corrected chi connectivity index (χ1v) is 6.42. The molecule has 14 heavy (non-hydrogen) atoms. The summed E-state index contributed by atoms with van der Waals surface area (Å²) in [7, 11) is 0. The van der Waals surface area contributed by atoms with Gasteiger partial charge in [-0.3, -0.25) is 0 Å². The Morgan fingerprint density at radius 2 is 2.57 bits per heavy atom. The zero-order chi connectivity index (χ0) is 9.97. The smallest absolute Gasteiger partial charge is 0.0620 e. The fourth-order valence-corrected chi connectivity index (χ4v) is 3.10. The molecular weight excluding hydrogens is 262 g/mol. The fraction of sp³-hybridized carbons (Fsp3) is 0.600. The molecule has 4 heteroatoms. The molecule has 1 fully saturated rings. The van der Waals surface area contributed by atoms with Crippen LogP contribution in [0, 0.1) is 6.92 Å². The van der Waals surface area contributed by atoms with E-state index in [9.17, 15) is 0 Å². The Bertz CT molecular complexity index is 288. The van der Waals surface area contributed by atoms with Crippen molar-refractivity contribution in [2.45, 2.75) is 25.9 Å². The predicted octanol–water partition coefficient (Wildman–Crippen LogP) is 2.70. The van der Waals surface area contributed by atoms with Gasteiger partial charge in [0.2, 0.25) is 0 Å². The van der Waals surface area contributed by atoms with Gasteiger partial charge in [0, 0.05) is 33.4 Å². The predicted molar refractivity (Wildman–Crippen MR) is 62.8 cm³/mol. The first kappa shape index (κ1) is 10.6. The van der Waals surface area contributed by atoms with Gasteiger partial charge in [-0.25, -0.2) is 0 Å². The van der Waals surface area contributed by atoms with Crippen LogP contribution in [0.4, 0.5) is 0 Å². The fourth-order valence-electron chi connectivity index (χ4n) is 1.55. The Hall–Kier alpha value is 0.100. The molecule has 1 aromatic heterocycles. The number of rotatable bonds is 3. The summed E-state index contributed by atoms with van der Waals surface area (Å²) in [4.78, 5) is 2.74. The van der Waals surface area contributed by atoms with Crippen molar-refractivity contribution >= 4 is 27.3 Å². The molecule has 1 N–H and O–H groups in total. The van der Waals surface area contributed by atoms with E-state index in [1.807, 2.05) is 11.3 Å². The van der Waals surface area contributed by atoms with Crippen molar-refractivity contribution < 1.29 is 4.74 Å². The maximum atomic E-state index is 5.31. The van der Waals surface area contributed by atoms with Gasteiger partial charge in [0.25, 0.3) is 0 Å². The highest BCUT2D eigenvalue weighted by Gasteiger charge is 2.14. The first-order chi connectivity index (χ1) is 6.75. The van der Waals surface area contributed by atoms with Crippen molar-refractivity contribution in [3.05, 3.63) is 20.3 Å². The molecule has 1 aliphatic heterocycles. The number of ether oxygens (including phenoxy) is 1. The minimum Gasteiger partial charge on any atom is -0.380 e. The van der Waals surface area contributed by atoms with Gasteiger partial charge < -0.3 is 10.1 Å². The average molecular weight is 276 g/mol. The van der Waals surface area contributed by atoms with Crippen molar-refractivity contribution in [3.8, 4) is 0 Å². The quantitative estimate of drug-likeness (QED) is 0.916. The molecule has 0 amide bonds. The summed E-state index contributed by atoms with van der Waals surface area (Å²) in [6, 6.07) is 2.75. The maximum absolute atomic E-state index is 5.31. The van der Waals surface area contributed by atoms with E-state index in [-0.39, 0.29) is 0 Å². The molecule has 0 spiro atoms. The molecule has 2 heterocycles. The summed E-state index contributed by atoms with van der Waals surface area (Å²) in [6.45, 7) is 4.87. The lowest BCUT2D eigenvalue weighted by Gasteiger charge is -2.08. The van der Waals surface area contributed by atoms with Crippen LogP contribution in [0.2, 0.25) is 0 Å². The zero-order valence-electron chi connectivity index (χ0n) is 8.18. The van der Waals surface area contributed by atoms with Crippen LogP contribution in [0.15, 0.2) is 10.5 Å². The second-order valence-electron chi connectivity index (χ2n) is 3.56. The second kappa shape index (κ2) is 4.75. The van der Waals surface area contributed by atoms with Crippen molar-refractivity contribution in [1.82, 2.24) is 5.32 Å². The van der Waals surface area contributed by atoms with Crippen LogP contribution in [-0.2, 0) is 11.3 Å². The summed E-state index contributed by atoms with van der Waals surface area (Å²) in [5, 5.41) is 3.50. The van der Waals surface area contributed by atoms with Gasteiger partial charge in [-0.2, -0.15) is 0 Å². The first-order valence-electron chi connectivity index (χ1n) is 4.81. The van der Waals surface area contributed by atoms with Gasteiger partial charge >= 0.3 is 0 Å². The number of aryl methyl sites for hydroxylation is 1. The summed E-state index contributed by atoms with van der Waals surface area (Å²) in [5.41, 5.74) is 0. The number of thiophene rings is 1. The minimum absolute atomic E-state index is 0.552. The normalized spacial score (nSPS) is 21.7. The number of nitrogens with one attached hydrogen (secondary N) is 1. The van der Waals surface area contributed by atoms with Gasteiger partial charge in [-0.1, -0.05) is 0 Å². The Labute approximate surface area is 96.8 Å². The van der Waals surface area contributed by atoms with E-state index in [0.29, 0.717) is 6.04 Å². The van der Waals surface area contributed by atoms with E-state index in [1.54, 1.807) is 0 Å². The molecule has 1 atom stereocenters. The van der Waals surface area contributed by atoms with Crippen LogP contribution >= 0.6 is 27.3 Å². The molecule has 0 radical (unpaired) electrons. The van der Waals surface area contributed by atoms with Crippen LogP contribution in [0.25, 0.3) is 0 Å². The van der Waals surface area contributed by atoms with Gasteiger partial charge in [-0.15, -0.1) is 11.3 Å². The summed E-state index contributed by atoms with van der Waals surface area (Å²) < 4.78 is 6.53. The standard InChI is InChI=1S/C10H14BrNOS/c1-7-10(11)4-9(14-7)5-12-8-2-3-13-6-8/h4,8,12H,2-3,5-6H2,1H3. The van der Waals surface area contributed by atoms with E-state index in [0.717, 1.165) is 26.2 Å². The second-order valence-corrected chi connectivity index (χ2v) is 5.75. The topological polar surface area (TPSA) is 21.3 Å². The maximum Gasteiger partial charge on any atom is 0.0620 e. The third kappa shape index (κ3) is 2.57. The molecule has 0 saturated carbocycles. The molecule has 1 saturated heterocycles. The molecule has 1 aromatic rings. The van der Waals surface area contributed by atoms with Crippen molar-refractivity contribution in [2.24, 2.45) is 0 Å². The van der Waals surface area contributed by atoms with Crippen LogP contribution in [0.1, 0.15) is 16.2 Å². The highest BCUT2D eigenvalue weighted by atomic mass is 79.9. The number of halogens is 1. The molecule has 1 aliphatic rings. The van der Waals surface area contributed by atoms with Gasteiger partial charge in [0.15, 0.2) is 0 Å². The van der Waals surface area contributed by atoms with Crippen LogP contribution < -0.4 is 5.32 Å². The third-order valence-corrected chi connectivity index (χ3v) is 4.54. The highest BCUT2D eigenvalue weighted by Crippen LogP contribution is 2.26. The molecular formula is C10H14BrNOS. The Morgan fingerprint density at radius 3 is 3.14 bits per heavy atom. The van der Waals surface area contributed by atoms with Crippen molar-refractivity contribution in [1.29, 1.82) is 0 Å². The molecule has 1 unspecified atom stereocenters. The number of hydrogen-bond donors (Lipinski definition) is 1. The summed E-state index contributed by atoms with van der Waals surface area (Å²) >= 11 is 5.38. The van der Waals surface area contributed by atoms with Crippen LogP contribution in [0.3, 0.4) is 0 Å². The Morgan fingerprint density at radius 1 is 1.71 bits per heavy atom. The lowest BCUT2D eigenvalue weighted by molar-refractivity contribution is 0.190. The summed E-state index contributed by atoms with van der Waals surface area (Å²) in [5.74, 6) is 0. The molecule has 0 aliphatic carbocycles. The van der Waals surface area contributed by atoms with Gasteiger partial charge in [-0.05, 0) is 35.3 Å². The lowest BCUT2D eigenvalue weighted by atomic mass is 10.2. The summed E-state index contributed by atoms with van der Waals surface area (Å²) in [6.07, 6.45) is 1.14. The molecule has 2 rings (SSSR count). The third-order valence-electron chi connectivity index (χ3n) is 2.40. The lowest BCUT2D eigenvalue weighted by Crippen LogP contribution is -2.28. The SMILES string of the molecule is Cc1sc(CNC2CCOC2)cc1Br. The van der Waals surface area contributed by atoms with E-state index in [1.165, 1.54) is 14.2 Å². The highest BCUT2D eigenvalue weighted by molar-refractivity contribution is 9.10. The van der Waals surface area contributed by atoms with E-state index < -0.39 is 0 Å². The largest absolute Gasteiger partial charge is 0.380 e. The van der Waals surface area contributed by atoms with E-state index >= 15 is 0 Å². The monoisotopic (exact) mass is 275 g/mol. The van der Waals surface area contributed by atoms with Crippen LogP contribution in [-0.4, -0.2) is 19.3 Å². The molecule has 2 nitrogen and oxygen atoms in total. The Kier molecular flexibility index (Phi) is 3.60.